The standard InChI is InChI=1S/C28H27N5O2S/c34-27(35)20-9-6-12-22(19-20)32-17-7-14-24(32)26-25(23-13-4-5-15-30-23)31-28(36)33(26)18-8-16-29-21-10-2-1-3-11-21/h1-7,9-15,17,19,25-26,29H,8,16,18H2,(H,31,36)(H,34,35). The molecule has 1 fully saturated rings. The average Bonchev–Trinajstić information content (AvgIpc) is 3.52. The second kappa shape index (κ2) is 10.6. The van der Waals surface area contributed by atoms with E-state index in [0.29, 0.717) is 5.11 Å². The van der Waals surface area contributed by atoms with Crippen LogP contribution in [0.1, 0.15) is 40.3 Å². The highest BCUT2D eigenvalue weighted by atomic mass is 32.1. The summed E-state index contributed by atoms with van der Waals surface area (Å²) in [7, 11) is 0. The zero-order valence-electron chi connectivity index (χ0n) is 19.6. The summed E-state index contributed by atoms with van der Waals surface area (Å²) in [6, 6.07) is 26.8. The summed E-state index contributed by atoms with van der Waals surface area (Å²) in [6.45, 7) is 1.56. The molecule has 0 saturated carbocycles. The SMILES string of the molecule is O=C(O)c1cccc(-n2cccc2C2C(c3ccccn3)NC(=S)N2CCCNc2ccccc2)c1. The molecule has 182 valence electrons. The van der Waals surface area contributed by atoms with Gasteiger partial charge in [-0.3, -0.25) is 4.98 Å². The van der Waals surface area contributed by atoms with Gasteiger partial charge < -0.3 is 25.2 Å². The topological polar surface area (TPSA) is 82.4 Å². The van der Waals surface area contributed by atoms with Crippen molar-refractivity contribution >= 4 is 29.0 Å². The second-order valence-electron chi connectivity index (χ2n) is 8.62. The molecule has 2 atom stereocenters. The molecule has 0 radical (unpaired) electrons. The van der Waals surface area contributed by atoms with E-state index >= 15 is 0 Å². The number of benzene rings is 2. The van der Waals surface area contributed by atoms with Crippen LogP contribution in [0.5, 0.6) is 0 Å². The maximum Gasteiger partial charge on any atom is 0.335 e. The van der Waals surface area contributed by atoms with Crippen LogP contribution in [0.2, 0.25) is 0 Å². The zero-order valence-corrected chi connectivity index (χ0v) is 20.4. The lowest BCUT2D eigenvalue weighted by Gasteiger charge is -2.29. The van der Waals surface area contributed by atoms with Crippen molar-refractivity contribution in [2.75, 3.05) is 18.4 Å². The minimum Gasteiger partial charge on any atom is -0.478 e. The lowest BCUT2D eigenvalue weighted by Crippen LogP contribution is -2.32. The quantitative estimate of drug-likeness (QED) is 0.221. The third kappa shape index (κ3) is 4.94. The fourth-order valence-electron chi connectivity index (χ4n) is 4.67. The Hall–Kier alpha value is -4.17. The van der Waals surface area contributed by atoms with Gasteiger partial charge in [-0.25, -0.2) is 4.79 Å². The summed E-state index contributed by atoms with van der Waals surface area (Å²) in [6.07, 6.45) is 4.64. The predicted octanol–water partition coefficient (Wildman–Crippen LogP) is 5.05. The van der Waals surface area contributed by atoms with Gasteiger partial charge in [-0.15, -0.1) is 0 Å². The molecule has 3 heterocycles. The Morgan fingerprint density at radius 2 is 1.86 bits per heavy atom. The number of pyridine rings is 1. The van der Waals surface area contributed by atoms with Crippen LogP contribution in [-0.2, 0) is 0 Å². The van der Waals surface area contributed by atoms with Crippen LogP contribution in [0.3, 0.4) is 0 Å². The van der Waals surface area contributed by atoms with Crippen molar-refractivity contribution in [1.82, 2.24) is 19.8 Å². The summed E-state index contributed by atoms with van der Waals surface area (Å²) in [5.41, 5.74) is 4.05. The van der Waals surface area contributed by atoms with E-state index in [9.17, 15) is 9.90 Å². The zero-order chi connectivity index (χ0) is 24.9. The number of nitrogens with one attached hydrogen (secondary N) is 2. The van der Waals surface area contributed by atoms with E-state index in [1.54, 1.807) is 24.4 Å². The number of para-hydroxylation sites is 1. The molecule has 8 heteroatoms. The van der Waals surface area contributed by atoms with E-state index in [2.05, 4.69) is 38.7 Å². The van der Waals surface area contributed by atoms with E-state index in [0.717, 1.165) is 42.3 Å². The Morgan fingerprint density at radius 1 is 1.03 bits per heavy atom. The Bertz CT molecular complexity index is 1340. The molecule has 5 rings (SSSR count). The highest BCUT2D eigenvalue weighted by Crippen LogP contribution is 2.39. The molecule has 3 N–H and O–H groups in total. The molecule has 4 aromatic rings. The summed E-state index contributed by atoms with van der Waals surface area (Å²) in [5, 5.41) is 17.1. The van der Waals surface area contributed by atoms with Crippen LogP contribution in [-0.4, -0.2) is 43.7 Å². The van der Waals surface area contributed by atoms with Gasteiger partial charge in [0.2, 0.25) is 0 Å². The van der Waals surface area contributed by atoms with Crippen molar-refractivity contribution in [1.29, 1.82) is 0 Å². The minimum atomic E-state index is -0.951. The number of carbonyl (C=O) groups is 1. The molecule has 0 spiro atoms. The molecule has 0 aliphatic carbocycles. The van der Waals surface area contributed by atoms with Crippen LogP contribution >= 0.6 is 12.2 Å². The number of hydrogen-bond acceptors (Lipinski definition) is 4. The van der Waals surface area contributed by atoms with Gasteiger partial charge in [0.15, 0.2) is 5.11 Å². The Kier molecular flexibility index (Phi) is 6.95. The van der Waals surface area contributed by atoms with Crippen LogP contribution in [0, 0.1) is 0 Å². The Balaban J connectivity index is 1.44. The van der Waals surface area contributed by atoms with Crippen molar-refractivity contribution in [2.45, 2.75) is 18.5 Å². The maximum absolute atomic E-state index is 11.6. The highest BCUT2D eigenvalue weighted by Gasteiger charge is 2.40. The molecule has 1 aliphatic heterocycles. The number of aromatic carboxylic acids is 1. The van der Waals surface area contributed by atoms with Crippen molar-refractivity contribution in [3.05, 3.63) is 114 Å². The number of hydrogen-bond donors (Lipinski definition) is 3. The summed E-state index contributed by atoms with van der Waals surface area (Å²) in [4.78, 5) is 18.4. The van der Waals surface area contributed by atoms with Gasteiger partial charge in [0.05, 0.1) is 23.3 Å². The third-order valence-corrected chi connectivity index (χ3v) is 6.68. The third-order valence-electron chi connectivity index (χ3n) is 6.33. The lowest BCUT2D eigenvalue weighted by molar-refractivity contribution is 0.0697. The molecule has 7 nitrogen and oxygen atoms in total. The lowest BCUT2D eigenvalue weighted by atomic mass is 10.0. The normalized spacial score (nSPS) is 17.1. The van der Waals surface area contributed by atoms with Crippen molar-refractivity contribution < 1.29 is 9.90 Å². The first-order valence-corrected chi connectivity index (χ1v) is 12.3. The van der Waals surface area contributed by atoms with Crippen LogP contribution in [0.15, 0.2) is 97.3 Å². The van der Waals surface area contributed by atoms with Crippen molar-refractivity contribution in [3.63, 3.8) is 0 Å². The van der Waals surface area contributed by atoms with Gasteiger partial charge in [-0.05, 0) is 73.2 Å². The van der Waals surface area contributed by atoms with Crippen LogP contribution in [0.4, 0.5) is 5.69 Å². The molecule has 0 bridgehead atoms. The van der Waals surface area contributed by atoms with Crippen LogP contribution < -0.4 is 10.6 Å². The molecule has 2 unspecified atom stereocenters. The number of anilines is 1. The molecule has 0 amide bonds. The van der Waals surface area contributed by atoms with Gasteiger partial charge in [0.1, 0.15) is 0 Å². The number of thiocarbonyl (C=S) groups is 1. The summed E-state index contributed by atoms with van der Waals surface area (Å²) >= 11 is 5.81. The molecule has 1 aliphatic rings. The first-order valence-electron chi connectivity index (χ1n) is 11.9. The van der Waals surface area contributed by atoms with Crippen molar-refractivity contribution in [2.24, 2.45) is 0 Å². The molecular weight excluding hydrogens is 470 g/mol. The molecule has 2 aromatic heterocycles. The second-order valence-corrected chi connectivity index (χ2v) is 9.01. The predicted molar refractivity (Wildman–Crippen MR) is 144 cm³/mol. The van der Waals surface area contributed by atoms with Gasteiger partial charge in [-0.2, -0.15) is 0 Å². The fourth-order valence-corrected chi connectivity index (χ4v) is 5.00. The summed E-state index contributed by atoms with van der Waals surface area (Å²) in [5.74, 6) is -0.951. The number of nitrogens with zero attached hydrogens (tertiary/aromatic N) is 3. The van der Waals surface area contributed by atoms with E-state index < -0.39 is 5.97 Å². The highest BCUT2D eigenvalue weighted by molar-refractivity contribution is 7.80. The minimum absolute atomic E-state index is 0.118. The largest absolute Gasteiger partial charge is 0.478 e. The molecular formula is C28H27N5O2S. The van der Waals surface area contributed by atoms with E-state index in [1.165, 1.54) is 0 Å². The number of aromatic nitrogens is 2. The van der Waals surface area contributed by atoms with E-state index in [1.807, 2.05) is 59.3 Å². The number of carboxylic acids is 1. The van der Waals surface area contributed by atoms with E-state index in [4.69, 9.17) is 12.2 Å². The average molecular weight is 498 g/mol. The first kappa shape index (κ1) is 23.6. The smallest absolute Gasteiger partial charge is 0.335 e. The van der Waals surface area contributed by atoms with Gasteiger partial charge >= 0.3 is 5.97 Å². The van der Waals surface area contributed by atoms with Gasteiger partial charge in [0, 0.05) is 42.6 Å². The van der Waals surface area contributed by atoms with E-state index in [-0.39, 0.29) is 17.6 Å². The Labute approximate surface area is 215 Å². The Morgan fingerprint density at radius 3 is 2.64 bits per heavy atom. The summed E-state index contributed by atoms with van der Waals surface area (Å²) < 4.78 is 2.04. The number of carboxylic acid groups (broad SMARTS) is 1. The first-order chi connectivity index (χ1) is 17.6. The number of rotatable bonds is 9. The molecule has 2 aromatic carbocycles. The van der Waals surface area contributed by atoms with Gasteiger partial charge in [-0.1, -0.05) is 30.3 Å². The van der Waals surface area contributed by atoms with Crippen LogP contribution in [0.25, 0.3) is 5.69 Å². The molecule has 36 heavy (non-hydrogen) atoms. The fraction of sp³-hybridized carbons (Fsp3) is 0.179. The van der Waals surface area contributed by atoms with Gasteiger partial charge in [0.25, 0.3) is 0 Å². The monoisotopic (exact) mass is 497 g/mol. The van der Waals surface area contributed by atoms with Crippen molar-refractivity contribution in [3.8, 4) is 5.69 Å². The maximum atomic E-state index is 11.6. The molecule has 1 saturated heterocycles.